The van der Waals surface area contributed by atoms with Gasteiger partial charge in [0.2, 0.25) is 15.9 Å². The van der Waals surface area contributed by atoms with Crippen LogP contribution in [0.1, 0.15) is 53.0 Å². The summed E-state index contributed by atoms with van der Waals surface area (Å²) in [7, 11) is -3.99. The molecule has 0 spiro atoms. The lowest BCUT2D eigenvalue weighted by Gasteiger charge is -2.35. The van der Waals surface area contributed by atoms with Gasteiger partial charge < -0.3 is 24.0 Å². The first-order valence-electron chi connectivity index (χ1n) is 15.8. The second-order valence-corrected chi connectivity index (χ2v) is 14.4. The van der Waals surface area contributed by atoms with Gasteiger partial charge in [-0.3, -0.25) is 9.69 Å². The number of aryl methyl sites for hydroxylation is 1. The fourth-order valence-electron chi connectivity index (χ4n) is 5.43. The molecule has 0 aliphatic carbocycles. The molecule has 2 saturated heterocycles. The Morgan fingerprint density at radius 3 is 2.02 bits per heavy atom. The number of rotatable bonds is 8. The minimum absolute atomic E-state index is 0.0882. The lowest BCUT2D eigenvalue weighted by molar-refractivity contribution is -0.145. The van der Waals surface area contributed by atoms with Gasteiger partial charge in [0, 0.05) is 38.4 Å². The Balaban J connectivity index is 1.49. The summed E-state index contributed by atoms with van der Waals surface area (Å²) >= 11 is 0. The van der Waals surface area contributed by atoms with Gasteiger partial charge in [0.15, 0.2) is 0 Å². The van der Waals surface area contributed by atoms with E-state index in [0.29, 0.717) is 25.2 Å². The molecule has 0 unspecified atom stereocenters. The SMILES string of the molecule is CCOC(=O)[C@H](C)N(C(=O)[C@@H]1CCCN1S(=O)(=O)c1ccc(C)cc1)c1ccc(OC(=O)N2CCN(C(=O)OC(C)(C)C)CC2)cc1. The highest BCUT2D eigenvalue weighted by molar-refractivity contribution is 7.89. The predicted octanol–water partition coefficient (Wildman–Crippen LogP) is 4.18. The number of carbonyl (C=O) groups is 4. The van der Waals surface area contributed by atoms with E-state index in [0.717, 1.165) is 5.56 Å². The molecule has 2 aromatic rings. The van der Waals surface area contributed by atoms with Gasteiger partial charge in [0.25, 0.3) is 0 Å². The number of benzene rings is 2. The van der Waals surface area contributed by atoms with Crippen LogP contribution >= 0.6 is 0 Å². The summed E-state index contributed by atoms with van der Waals surface area (Å²) in [5.74, 6) is -1.01. The van der Waals surface area contributed by atoms with Crippen molar-refractivity contribution >= 4 is 39.8 Å². The number of hydrogen-bond acceptors (Lipinski definition) is 9. The number of amides is 3. The first-order chi connectivity index (χ1) is 22.1. The lowest BCUT2D eigenvalue weighted by atomic mass is 10.1. The minimum atomic E-state index is -3.99. The van der Waals surface area contributed by atoms with Crippen LogP contribution < -0.4 is 9.64 Å². The van der Waals surface area contributed by atoms with Gasteiger partial charge >= 0.3 is 18.2 Å². The van der Waals surface area contributed by atoms with Crippen molar-refractivity contribution in [2.75, 3.05) is 44.2 Å². The summed E-state index contributed by atoms with van der Waals surface area (Å²) in [6.45, 7) is 11.8. The van der Waals surface area contributed by atoms with E-state index in [1.54, 1.807) is 39.8 Å². The second-order valence-electron chi connectivity index (χ2n) is 12.5. The Morgan fingerprint density at radius 1 is 0.894 bits per heavy atom. The van der Waals surface area contributed by atoms with Crippen LogP contribution in [-0.4, -0.2) is 104 Å². The molecule has 2 aliphatic heterocycles. The number of ether oxygens (including phenoxy) is 3. The summed E-state index contributed by atoms with van der Waals surface area (Å²) in [4.78, 5) is 56.6. The zero-order valence-corrected chi connectivity index (χ0v) is 28.6. The summed E-state index contributed by atoms with van der Waals surface area (Å²) in [6.07, 6.45) is -0.278. The van der Waals surface area contributed by atoms with Crippen LogP contribution in [0.4, 0.5) is 15.3 Å². The Labute approximate surface area is 276 Å². The standard InChI is InChI=1S/C33H44N4O9S/c1-7-44-30(39)24(3)37(29(38)28-9-8-18-36(28)47(42,43)27-16-10-23(2)11-17-27)25-12-14-26(15-13-25)45-31(40)34-19-21-35(22-20-34)32(41)46-33(4,5)6/h10-17,24,28H,7-9,18-22H2,1-6H3/t24-,28-/m0/s1. The largest absolute Gasteiger partial charge is 0.464 e. The van der Waals surface area contributed by atoms with Crippen molar-refractivity contribution in [1.82, 2.24) is 14.1 Å². The van der Waals surface area contributed by atoms with Gasteiger partial charge in [-0.2, -0.15) is 4.31 Å². The fraction of sp³-hybridized carbons (Fsp3) is 0.515. The average molecular weight is 673 g/mol. The third kappa shape index (κ3) is 8.60. The third-order valence-electron chi connectivity index (χ3n) is 7.88. The van der Waals surface area contributed by atoms with E-state index in [1.165, 1.54) is 62.3 Å². The van der Waals surface area contributed by atoms with Crippen LogP contribution in [0.2, 0.25) is 0 Å². The molecule has 2 atom stereocenters. The molecule has 0 aromatic heterocycles. The van der Waals surface area contributed by atoms with Gasteiger partial charge in [-0.1, -0.05) is 17.7 Å². The highest BCUT2D eigenvalue weighted by Crippen LogP contribution is 2.31. The van der Waals surface area contributed by atoms with Crippen LogP contribution in [0.3, 0.4) is 0 Å². The van der Waals surface area contributed by atoms with Crippen molar-refractivity contribution in [2.45, 2.75) is 77.0 Å². The molecule has 0 bridgehead atoms. The zero-order valence-electron chi connectivity index (χ0n) is 27.8. The van der Waals surface area contributed by atoms with Crippen molar-refractivity contribution in [3.05, 3.63) is 54.1 Å². The predicted molar refractivity (Wildman–Crippen MR) is 174 cm³/mol. The molecule has 0 radical (unpaired) electrons. The Hall–Kier alpha value is -4.17. The number of hydrogen-bond donors (Lipinski definition) is 0. The highest BCUT2D eigenvalue weighted by Gasteiger charge is 2.43. The van der Waals surface area contributed by atoms with Crippen LogP contribution in [0.5, 0.6) is 5.75 Å². The molecule has 13 nitrogen and oxygen atoms in total. The molecule has 0 N–H and O–H groups in total. The summed E-state index contributed by atoms with van der Waals surface area (Å²) < 4.78 is 44.6. The van der Waals surface area contributed by atoms with Crippen molar-refractivity contribution in [3.8, 4) is 5.75 Å². The normalized spacial score (nSPS) is 18.0. The molecule has 3 amide bonds. The van der Waals surface area contributed by atoms with Crippen molar-refractivity contribution < 1.29 is 41.8 Å². The topological polar surface area (TPSA) is 143 Å². The summed E-state index contributed by atoms with van der Waals surface area (Å²) in [6, 6.07) is 10.4. The maximum absolute atomic E-state index is 14.1. The van der Waals surface area contributed by atoms with Crippen LogP contribution in [-0.2, 0) is 29.1 Å². The van der Waals surface area contributed by atoms with Crippen LogP contribution in [0.25, 0.3) is 0 Å². The molecule has 2 fully saturated rings. The molecule has 2 aliphatic rings. The smallest absolute Gasteiger partial charge is 0.415 e. The van der Waals surface area contributed by atoms with Crippen molar-refractivity contribution in [2.24, 2.45) is 0 Å². The Morgan fingerprint density at radius 2 is 1.47 bits per heavy atom. The summed E-state index contributed by atoms with van der Waals surface area (Å²) in [5, 5.41) is 0. The zero-order chi connectivity index (χ0) is 34.5. The van der Waals surface area contributed by atoms with Crippen molar-refractivity contribution in [1.29, 1.82) is 0 Å². The molecule has 0 saturated carbocycles. The van der Waals surface area contributed by atoms with Crippen LogP contribution in [0, 0.1) is 6.92 Å². The van der Waals surface area contributed by atoms with Gasteiger partial charge in [0.05, 0.1) is 11.5 Å². The first kappa shape index (κ1) is 35.7. The molecule has 2 heterocycles. The lowest BCUT2D eigenvalue weighted by Crippen LogP contribution is -2.53. The number of esters is 1. The van der Waals surface area contributed by atoms with E-state index in [-0.39, 0.29) is 43.3 Å². The Bertz CT molecular complexity index is 1550. The number of sulfonamides is 1. The van der Waals surface area contributed by atoms with Gasteiger partial charge in [-0.25, -0.2) is 22.8 Å². The van der Waals surface area contributed by atoms with E-state index in [1.807, 2.05) is 6.92 Å². The van der Waals surface area contributed by atoms with E-state index in [4.69, 9.17) is 14.2 Å². The van der Waals surface area contributed by atoms with E-state index in [2.05, 4.69) is 0 Å². The van der Waals surface area contributed by atoms with Gasteiger partial charge in [-0.05, 0) is 90.8 Å². The number of nitrogens with zero attached hydrogens (tertiary/aromatic N) is 4. The van der Waals surface area contributed by atoms with E-state index in [9.17, 15) is 27.6 Å². The average Bonchev–Trinajstić information content (AvgIpc) is 3.53. The molecular weight excluding hydrogens is 628 g/mol. The van der Waals surface area contributed by atoms with E-state index < -0.39 is 51.8 Å². The third-order valence-corrected chi connectivity index (χ3v) is 9.80. The molecule has 4 rings (SSSR count). The first-order valence-corrected chi connectivity index (χ1v) is 17.2. The molecule has 14 heteroatoms. The molecule has 256 valence electrons. The highest BCUT2D eigenvalue weighted by atomic mass is 32.2. The van der Waals surface area contributed by atoms with Crippen LogP contribution in [0.15, 0.2) is 53.4 Å². The summed E-state index contributed by atoms with van der Waals surface area (Å²) in [5.41, 5.74) is 0.590. The molecule has 2 aromatic carbocycles. The molecular formula is C33H44N4O9S. The quantitative estimate of drug-likeness (QED) is 0.378. The number of piperazine rings is 1. The Kier molecular flexibility index (Phi) is 11.2. The van der Waals surface area contributed by atoms with Gasteiger partial charge in [-0.15, -0.1) is 0 Å². The maximum atomic E-state index is 14.1. The molecule has 47 heavy (non-hydrogen) atoms. The van der Waals surface area contributed by atoms with Gasteiger partial charge in [0.1, 0.15) is 23.4 Å². The maximum Gasteiger partial charge on any atom is 0.415 e. The monoisotopic (exact) mass is 672 g/mol. The van der Waals surface area contributed by atoms with Crippen molar-refractivity contribution in [3.63, 3.8) is 0 Å². The minimum Gasteiger partial charge on any atom is -0.464 e. The fourth-order valence-corrected chi connectivity index (χ4v) is 7.08. The second kappa shape index (κ2) is 14.7. The number of carbonyl (C=O) groups excluding carboxylic acids is 4. The number of anilines is 1. The van der Waals surface area contributed by atoms with E-state index >= 15 is 0 Å².